The van der Waals surface area contributed by atoms with Crippen molar-refractivity contribution in [1.82, 2.24) is 5.43 Å². The first-order valence-corrected chi connectivity index (χ1v) is 5.19. The van der Waals surface area contributed by atoms with Crippen LogP contribution in [0.2, 0.25) is 0 Å². The van der Waals surface area contributed by atoms with E-state index in [1.165, 1.54) is 12.4 Å². The van der Waals surface area contributed by atoms with Crippen LogP contribution in [0.3, 0.4) is 0 Å². The molecule has 0 aliphatic carbocycles. The highest BCUT2D eigenvalue weighted by molar-refractivity contribution is 7.80. The van der Waals surface area contributed by atoms with Crippen LogP contribution in [-0.4, -0.2) is 17.5 Å². The van der Waals surface area contributed by atoms with E-state index in [4.69, 9.17) is 21.1 Å². The van der Waals surface area contributed by atoms with Gasteiger partial charge >= 0.3 is 0 Å². The number of rotatable bonds is 3. The molecule has 0 atom stereocenters. The first-order valence-electron chi connectivity index (χ1n) is 4.79. The highest BCUT2D eigenvalue weighted by atomic mass is 32.1. The first kappa shape index (κ1) is 11.3. The number of nitrogens with zero attached hydrogens (tertiary/aromatic N) is 2. The Hall–Kier alpha value is -2.21. The Balaban J connectivity index is 1.82. The second-order valence-electron chi connectivity index (χ2n) is 2.96. The molecule has 0 fully saturated rings. The fraction of sp³-hybridized carbons (Fsp3) is 0. The van der Waals surface area contributed by atoms with E-state index in [2.05, 4.69) is 15.5 Å². The van der Waals surface area contributed by atoms with Crippen LogP contribution < -0.4 is 5.43 Å². The van der Waals surface area contributed by atoms with E-state index in [0.717, 1.165) is 0 Å². The molecule has 2 rings (SSSR count). The minimum Gasteiger partial charge on any atom is -0.463 e. The van der Waals surface area contributed by atoms with Gasteiger partial charge < -0.3 is 8.83 Å². The predicted octanol–water partition coefficient (Wildman–Crippen LogP) is 2.20. The van der Waals surface area contributed by atoms with Crippen LogP contribution in [0.1, 0.15) is 11.5 Å². The number of hydrogen-bond donors (Lipinski definition) is 1. The molecule has 86 valence electrons. The maximum atomic E-state index is 5.06. The Labute approximate surface area is 103 Å². The Morgan fingerprint density at radius 3 is 2.35 bits per heavy atom. The van der Waals surface area contributed by atoms with Crippen LogP contribution >= 0.6 is 12.2 Å². The summed E-state index contributed by atoms with van der Waals surface area (Å²) < 4.78 is 10.1. The summed E-state index contributed by atoms with van der Waals surface area (Å²) in [6, 6.07) is 7.10. The van der Waals surface area contributed by atoms with Gasteiger partial charge in [0.1, 0.15) is 11.5 Å². The molecule has 0 aliphatic heterocycles. The van der Waals surface area contributed by atoms with Crippen molar-refractivity contribution in [1.29, 1.82) is 0 Å². The van der Waals surface area contributed by atoms with Gasteiger partial charge in [0.25, 0.3) is 0 Å². The van der Waals surface area contributed by atoms with E-state index in [9.17, 15) is 0 Å². The lowest BCUT2D eigenvalue weighted by atomic mass is 10.5. The van der Waals surface area contributed by atoms with Crippen LogP contribution in [0.25, 0.3) is 0 Å². The molecule has 2 heterocycles. The van der Waals surface area contributed by atoms with E-state index >= 15 is 0 Å². The van der Waals surface area contributed by atoms with Crippen molar-refractivity contribution in [2.45, 2.75) is 0 Å². The summed E-state index contributed by atoms with van der Waals surface area (Å²) in [4.78, 5) is 3.94. The molecule has 5 nitrogen and oxygen atoms in total. The van der Waals surface area contributed by atoms with Crippen molar-refractivity contribution < 1.29 is 8.83 Å². The standard InChI is InChI=1S/C11H9N3O2S/c17-11(12-7-9-3-1-5-15-9)14-13-8-10-4-2-6-16-10/h1-8H,(H,14,17)/b12-7+,13-8+. The molecular weight excluding hydrogens is 238 g/mol. The zero-order valence-corrected chi connectivity index (χ0v) is 9.55. The van der Waals surface area contributed by atoms with Crippen LogP contribution in [0.15, 0.2) is 55.7 Å². The van der Waals surface area contributed by atoms with Gasteiger partial charge in [0.2, 0.25) is 5.11 Å². The summed E-state index contributed by atoms with van der Waals surface area (Å²) in [5.41, 5.74) is 2.58. The van der Waals surface area contributed by atoms with Crippen LogP contribution in [-0.2, 0) is 0 Å². The Morgan fingerprint density at radius 1 is 1.12 bits per heavy atom. The van der Waals surface area contributed by atoms with Gasteiger partial charge in [-0.1, -0.05) is 0 Å². The third-order valence-electron chi connectivity index (χ3n) is 1.75. The summed E-state index contributed by atoms with van der Waals surface area (Å²) >= 11 is 4.93. The Bertz CT molecular complexity index is 515. The fourth-order valence-electron chi connectivity index (χ4n) is 1.03. The SMILES string of the molecule is S=C(/N=C/c1ccco1)N/N=C/c1ccco1. The Morgan fingerprint density at radius 2 is 1.76 bits per heavy atom. The smallest absolute Gasteiger partial charge is 0.213 e. The molecule has 0 saturated heterocycles. The average molecular weight is 247 g/mol. The zero-order valence-electron chi connectivity index (χ0n) is 8.74. The molecule has 2 aromatic rings. The van der Waals surface area contributed by atoms with Crippen molar-refractivity contribution in [3.8, 4) is 0 Å². The van der Waals surface area contributed by atoms with E-state index in [0.29, 0.717) is 11.5 Å². The van der Waals surface area contributed by atoms with E-state index in [1.54, 1.807) is 36.8 Å². The molecule has 0 aliphatic rings. The minimum absolute atomic E-state index is 0.240. The van der Waals surface area contributed by atoms with Gasteiger partial charge in [0, 0.05) is 0 Å². The van der Waals surface area contributed by atoms with Gasteiger partial charge in [-0.2, -0.15) is 5.10 Å². The van der Waals surface area contributed by atoms with Crippen molar-refractivity contribution in [3.05, 3.63) is 48.3 Å². The first-order chi connectivity index (χ1) is 8.34. The van der Waals surface area contributed by atoms with Crippen molar-refractivity contribution in [2.24, 2.45) is 10.1 Å². The number of hydrazone groups is 1. The topological polar surface area (TPSA) is 63.0 Å². The van der Waals surface area contributed by atoms with Crippen molar-refractivity contribution in [3.63, 3.8) is 0 Å². The molecule has 0 saturated carbocycles. The van der Waals surface area contributed by atoms with Crippen molar-refractivity contribution >= 4 is 29.8 Å². The van der Waals surface area contributed by atoms with Crippen molar-refractivity contribution in [2.75, 3.05) is 0 Å². The summed E-state index contributed by atoms with van der Waals surface area (Å²) in [7, 11) is 0. The van der Waals surface area contributed by atoms with Gasteiger partial charge in [-0.05, 0) is 36.5 Å². The number of aliphatic imine (C=N–C) groups is 1. The zero-order chi connectivity index (χ0) is 11.9. The molecule has 1 N–H and O–H groups in total. The highest BCUT2D eigenvalue weighted by Gasteiger charge is 1.92. The highest BCUT2D eigenvalue weighted by Crippen LogP contribution is 1.96. The van der Waals surface area contributed by atoms with Gasteiger partial charge in [-0.25, -0.2) is 4.99 Å². The van der Waals surface area contributed by atoms with Crippen LogP contribution in [0.5, 0.6) is 0 Å². The molecule has 0 bridgehead atoms. The molecule has 6 heteroatoms. The second-order valence-corrected chi connectivity index (χ2v) is 3.35. The molecule has 0 unspecified atom stereocenters. The second kappa shape index (κ2) is 5.76. The molecule has 17 heavy (non-hydrogen) atoms. The maximum absolute atomic E-state index is 5.06. The molecular formula is C11H9N3O2S. The van der Waals surface area contributed by atoms with E-state index in [1.807, 2.05) is 0 Å². The van der Waals surface area contributed by atoms with Gasteiger partial charge in [0.05, 0.1) is 25.0 Å². The lowest BCUT2D eigenvalue weighted by Gasteiger charge is -1.93. The third kappa shape index (κ3) is 3.69. The number of furan rings is 2. The van der Waals surface area contributed by atoms with Crippen LogP contribution in [0, 0.1) is 0 Å². The maximum Gasteiger partial charge on any atom is 0.213 e. The molecule has 2 aromatic heterocycles. The number of hydrogen-bond acceptors (Lipinski definition) is 4. The largest absolute Gasteiger partial charge is 0.463 e. The molecule has 0 spiro atoms. The quantitative estimate of drug-likeness (QED) is 0.513. The lowest BCUT2D eigenvalue weighted by Crippen LogP contribution is -2.12. The van der Waals surface area contributed by atoms with E-state index < -0.39 is 0 Å². The average Bonchev–Trinajstić information content (AvgIpc) is 2.99. The molecule has 0 amide bonds. The summed E-state index contributed by atoms with van der Waals surface area (Å²) in [5.74, 6) is 1.26. The molecule has 0 aromatic carbocycles. The fourth-order valence-corrected chi connectivity index (χ4v) is 1.14. The van der Waals surface area contributed by atoms with Gasteiger partial charge in [-0.15, -0.1) is 0 Å². The monoisotopic (exact) mass is 247 g/mol. The summed E-state index contributed by atoms with van der Waals surface area (Å²) in [5, 5.41) is 4.10. The Kier molecular flexibility index (Phi) is 3.82. The predicted molar refractivity (Wildman–Crippen MR) is 68.3 cm³/mol. The number of nitrogens with one attached hydrogen (secondary N) is 1. The summed E-state index contributed by atoms with van der Waals surface area (Å²) in [6.07, 6.45) is 6.15. The van der Waals surface area contributed by atoms with Gasteiger partial charge in [-0.3, -0.25) is 5.43 Å². The third-order valence-corrected chi connectivity index (χ3v) is 1.94. The van der Waals surface area contributed by atoms with Gasteiger partial charge in [0.15, 0.2) is 0 Å². The lowest BCUT2D eigenvalue weighted by molar-refractivity contribution is 0.559. The molecule has 0 radical (unpaired) electrons. The normalized spacial score (nSPS) is 11.3. The summed E-state index contributed by atoms with van der Waals surface area (Å²) in [6.45, 7) is 0. The van der Waals surface area contributed by atoms with Crippen LogP contribution in [0.4, 0.5) is 0 Å². The van der Waals surface area contributed by atoms with E-state index in [-0.39, 0.29) is 5.11 Å². The minimum atomic E-state index is 0.240. The number of thiocarbonyl (C=S) groups is 1.